The summed E-state index contributed by atoms with van der Waals surface area (Å²) in [5.74, 6) is 0. The molecule has 0 aliphatic carbocycles. The van der Waals surface area contributed by atoms with Crippen LogP contribution in [0.2, 0.25) is 0 Å². The Hall–Kier alpha value is -0.160. The van der Waals surface area contributed by atoms with Gasteiger partial charge in [-0.25, -0.2) is 0 Å². The molecule has 0 aromatic heterocycles. The van der Waals surface area contributed by atoms with E-state index in [0.717, 1.165) is 32.6 Å². The molecule has 0 spiro atoms. The van der Waals surface area contributed by atoms with Crippen molar-refractivity contribution < 1.29 is 5.11 Å². The summed E-state index contributed by atoms with van der Waals surface area (Å²) in [7, 11) is 0. The van der Waals surface area contributed by atoms with Gasteiger partial charge in [0.05, 0.1) is 6.61 Å². The van der Waals surface area contributed by atoms with Crippen molar-refractivity contribution in [1.29, 1.82) is 0 Å². The summed E-state index contributed by atoms with van der Waals surface area (Å²) in [6.07, 6.45) is 0.994. The minimum Gasteiger partial charge on any atom is -0.395 e. The number of hydrogen-bond acceptors (Lipinski definition) is 4. The molecule has 4 nitrogen and oxygen atoms in total. The molecule has 1 rings (SSSR count). The predicted octanol–water partition coefficient (Wildman–Crippen LogP) is -1.01. The topological polar surface area (TPSA) is 61.5 Å². The molecule has 0 radical (unpaired) electrons. The van der Waals surface area contributed by atoms with E-state index in [1.807, 2.05) is 0 Å². The number of nitrogens with zero attached hydrogens (tertiary/aromatic N) is 1. The lowest BCUT2D eigenvalue weighted by Crippen LogP contribution is -2.59. The number of nitrogens with one attached hydrogen (secondary N) is 1. The zero-order valence-electron chi connectivity index (χ0n) is 8.37. The van der Waals surface area contributed by atoms with Crippen LogP contribution in [0.15, 0.2) is 0 Å². The van der Waals surface area contributed by atoms with Gasteiger partial charge in [-0.1, -0.05) is 6.92 Å². The van der Waals surface area contributed by atoms with E-state index in [4.69, 9.17) is 10.8 Å². The van der Waals surface area contributed by atoms with Crippen LogP contribution in [0.25, 0.3) is 0 Å². The number of aliphatic hydroxyl groups excluding tert-OH is 1. The molecule has 1 aliphatic heterocycles. The second-order valence-corrected chi connectivity index (χ2v) is 3.60. The Labute approximate surface area is 80.1 Å². The van der Waals surface area contributed by atoms with Crippen LogP contribution in [0.1, 0.15) is 13.3 Å². The number of rotatable bonds is 4. The Morgan fingerprint density at radius 3 is 3.08 bits per heavy atom. The van der Waals surface area contributed by atoms with Gasteiger partial charge in [-0.3, -0.25) is 4.90 Å². The molecule has 1 heterocycles. The zero-order chi connectivity index (χ0) is 9.68. The molecule has 4 heteroatoms. The number of aliphatic hydroxyl groups is 1. The molecule has 4 N–H and O–H groups in total. The van der Waals surface area contributed by atoms with Gasteiger partial charge >= 0.3 is 0 Å². The molecule has 0 aromatic rings. The average Bonchev–Trinajstić information content (AvgIpc) is 2.18. The van der Waals surface area contributed by atoms with Crippen molar-refractivity contribution >= 4 is 0 Å². The number of hydrogen-bond donors (Lipinski definition) is 3. The summed E-state index contributed by atoms with van der Waals surface area (Å²) in [5.41, 5.74) is 6.01. The van der Waals surface area contributed by atoms with Crippen molar-refractivity contribution in [2.45, 2.75) is 25.4 Å². The molecule has 0 saturated carbocycles. The molecule has 0 bridgehead atoms. The van der Waals surface area contributed by atoms with Gasteiger partial charge in [0.25, 0.3) is 0 Å². The second-order valence-electron chi connectivity index (χ2n) is 3.60. The maximum atomic E-state index is 8.89. The molecule has 0 amide bonds. The maximum Gasteiger partial charge on any atom is 0.0558 e. The van der Waals surface area contributed by atoms with E-state index in [-0.39, 0.29) is 12.6 Å². The first-order valence-electron chi connectivity index (χ1n) is 5.10. The highest BCUT2D eigenvalue weighted by Crippen LogP contribution is 2.07. The average molecular weight is 187 g/mol. The first-order chi connectivity index (χ1) is 6.29. The fraction of sp³-hybridized carbons (Fsp3) is 1.00. The fourth-order valence-corrected chi connectivity index (χ4v) is 1.87. The summed E-state index contributed by atoms with van der Waals surface area (Å²) in [5, 5.41) is 12.2. The third kappa shape index (κ3) is 2.91. The normalized spacial score (nSPS) is 27.5. The third-order valence-corrected chi connectivity index (χ3v) is 2.75. The van der Waals surface area contributed by atoms with Gasteiger partial charge in [0.1, 0.15) is 0 Å². The van der Waals surface area contributed by atoms with Crippen molar-refractivity contribution in [3.8, 4) is 0 Å². The summed E-state index contributed by atoms with van der Waals surface area (Å²) < 4.78 is 0. The smallest absolute Gasteiger partial charge is 0.0558 e. The Morgan fingerprint density at radius 2 is 2.46 bits per heavy atom. The van der Waals surface area contributed by atoms with E-state index in [2.05, 4.69) is 17.1 Å². The molecule has 0 aromatic carbocycles. The molecule has 1 saturated heterocycles. The first-order valence-corrected chi connectivity index (χ1v) is 5.10. The van der Waals surface area contributed by atoms with Crippen LogP contribution in [0.4, 0.5) is 0 Å². The van der Waals surface area contributed by atoms with Gasteiger partial charge in [-0.2, -0.15) is 0 Å². The van der Waals surface area contributed by atoms with E-state index in [1.165, 1.54) is 0 Å². The lowest BCUT2D eigenvalue weighted by atomic mass is 10.0. The summed E-state index contributed by atoms with van der Waals surface area (Å²) in [6.45, 7) is 6.05. The van der Waals surface area contributed by atoms with Crippen LogP contribution < -0.4 is 11.1 Å². The molecule has 1 fully saturated rings. The molecular weight excluding hydrogens is 166 g/mol. The van der Waals surface area contributed by atoms with E-state index in [0.29, 0.717) is 6.04 Å². The summed E-state index contributed by atoms with van der Waals surface area (Å²) in [6, 6.07) is 0.616. The molecule has 13 heavy (non-hydrogen) atoms. The third-order valence-electron chi connectivity index (χ3n) is 2.75. The van der Waals surface area contributed by atoms with Crippen LogP contribution >= 0.6 is 0 Å². The minimum atomic E-state index is 0.222. The van der Waals surface area contributed by atoms with Crippen LogP contribution in [0, 0.1) is 0 Å². The van der Waals surface area contributed by atoms with E-state index < -0.39 is 0 Å². The predicted molar refractivity (Wildman–Crippen MR) is 53.6 cm³/mol. The summed E-state index contributed by atoms with van der Waals surface area (Å²) >= 11 is 0. The van der Waals surface area contributed by atoms with Crippen molar-refractivity contribution in [1.82, 2.24) is 10.2 Å². The molecule has 78 valence electrons. The molecular formula is C9H21N3O. The Kier molecular flexibility index (Phi) is 4.66. The van der Waals surface area contributed by atoms with Gasteiger partial charge in [0.15, 0.2) is 0 Å². The maximum absolute atomic E-state index is 8.89. The van der Waals surface area contributed by atoms with Crippen LogP contribution in [0.3, 0.4) is 0 Å². The quantitative estimate of drug-likeness (QED) is 0.528. The van der Waals surface area contributed by atoms with Gasteiger partial charge in [-0.15, -0.1) is 0 Å². The molecule has 1 aliphatic rings. The van der Waals surface area contributed by atoms with Crippen LogP contribution in [-0.2, 0) is 0 Å². The second kappa shape index (κ2) is 5.54. The Bertz CT molecular complexity index is 141. The van der Waals surface area contributed by atoms with Gasteiger partial charge < -0.3 is 16.2 Å². The van der Waals surface area contributed by atoms with Gasteiger partial charge in [0, 0.05) is 38.3 Å². The van der Waals surface area contributed by atoms with Gasteiger partial charge in [-0.05, 0) is 6.42 Å². The molecule has 2 unspecified atom stereocenters. The highest BCUT2D eigenvalue weighted by Gasteiger charge is 2.25. The lowest BCUT2D eigenvalue weighted by molar-refractivity contribution is 0.110. The van der Waals surface area contributed by atoms with Crippen molar-refractivity contribution in [2.24, 2.45) is 5.73 Å². The van der Waals surface area contributed by atoms with Crippen LogP contribution in [0.5, 0.6) is 0 Å². The summed E-state index contributed by atoms with van der Waals surface area (Å²) in [4.78, 5) is 2.28. The highest BCUT2D eigenvalue weighted by molar-refractivity contribution is 4.86. The number of piperazine rings is 1. The van der Waals surface area contributed by atoms with Gasteiger partial charge in [0.2, 0.25) is 0 Å². The Balaban J connectivity index is 2.45. The van der Waals surface area contributed by atoms with Crippen molar-refractivity contribution in [2.75, 3.05) is 32.8 Å². The minimum absolute atomic E-state index is 0.222. The monoisotopic (exact) mass is 187 g/mol. The van der Waals surface area contributed by atoms with E-state index in [9.17, 15) is 0 Å². The number of nitrogens with two attached hydrogens (primary N) is 1. The molecule has 2 atom stereocenters. The van der Waals surface area contributed by atoms with Crippen molar-refractivity contribution in [3.05, 3.63) is 0 Å². The van der Waals surface area contributed by atoms with Crippen molar-refractivity contribution in [3.63, 3.8) is 0 Å². The zero-order valence-corrected chi connectivity index (χ0v) is 8.37. The largest absolute Gasteiger partial charge is 0.395 e. The standard InChI is InChI=1S/C9H21N3O/c1-2-8(10)9-7-11-3-4-12(9)5-6-13/h8-9,11,13H,2-7,10H2,1H3. The Morgan fingerprint density at radius 1 is 1.69 bits per heavy atom. The fourth-order valence-electron chi connectivity index (χ4n) is 1.87. The van der Waals surface area contributed by atoms with Crippen LogP contribution in [-0.4, -0.2) is 54.9 Å². The highest BCUT2D eigenvalue weighted by atomic mass is 16.3. The SMILES string of the molecule is CCC(N)C1CNCCN1CCO. The van der Waals surface area contributed by atoms with E-state index >= 15 is 0 Å². The number of β-amino-alcohol motifs (C(OH)–C–C–N with tert-alkyl or cyclic N) is 1. The first kappa shape index (κ1) is 10.9. The lowest BCUT2D eigenvalue weighted by Gasteiger charge is -2.38. The van der Waals surface area contributed by atoms with E-state index in [1.54, 1.807) is 0 Å².